The fourth-order valence-corrected chi connectivity index (χ4v) is 2.98. The number of hydrogen-bond acceptors (Lipinski definition) is 5. The number of aryl methyl sites for hydroxylation is 2. The van der Waals surface area contributed by atoms with Gasteiger partial charge in [0.25, 0.3) is 5.91 Å². The third kappa shape index (κ3) is 3.69. The van der Waals surface area contributed by atoms with E-state index in [1.807, 2.05) is 24.3 Å². The molecule has 6 nitrogen and oxygen atoms in total. The minimum Gasteiger partial charge on any atom is -0.352 e. The molecule has 1 amide bonds. The number of fused-ring (bicyclic) bond motifs is 1. The molecule has 134 valence electrons. The van der Waals surface area contributed by atoms with E-state index in [0.29, 0.717) is 23.9 Å². The van der Waals surface area contributed by atoms with Gasteiger partial charge >= 0.3 is 0 Å². The topological polar surface area (TPSA) is 79.3 Å². The average molecular weight is 357 g/mol. The molecule has 1 aromatic carbocycles. The van der Waals surface area contributed by atoms with Gasteiger partial charge in [-0.1, -0.05) is 23.8 Å². The van der Waals surface area contributed by atoms with Crippen LogP contribution in [0.1, 0.15) is 22.4 Å². The lowest BCUT2D eigenvalue weighted by Crippen LogP contribution is -2.32. The summed E-state index contributed by atoms with van der Waals surface area (Å²) in [7, 11) is 0. The number of carbonyl (C=O) groups excluding carboxylic acids is 1. The van der Waals surface area contributed by atoms with E-state index in [1.165, 1.54) is 16.7 Å². The maximum Gasteiger partial charge on any atom is 0.296 e. The van der Waals surface area contributed by atoms with Crippen molar-refractivity contribution in [1.29, 1.82) is 0 Å². The molecular weight excluding hydrogens is 338 g/mol. The maximum atomic E-state index is 12.2. The van der Waals surface area contributed by atoms with Crippen molar-refractivity contribution in [2.75, 3.05) is 0 Å². The number of aromatic nitrogens is 2. The quantitative estimate of drug-likeness (QED) is 0.705. The van der Waals surface area contributed by atoms with E-state index in [1.54, 1.807) is 12.3 Å². The van der Waals surface area contributed by atoms with Gasteiger partial charge in [-0.25, -0.2) is 4.98 Å². The van der Waals surface area contributed by atoms with Gasteiger partial charge in [0.15, 0.2) is 0 Å². The highest BCUT2D eigenvalue weighted by molar-refractivity contribution is 6.12. The second kappa shape index (κ2) is 6.99. The molecule has 27 heavy (non-hydrogen) atoms. The van der Waals surface area contributed by atoms with Gasteiger partial charge < -0.3 is 10.6 Å². The Morgan fingerprint density at radius 2 is 2.00 bits per heavy atom. The van der Waals surface area contributed by atoms with Crippen LogP contribution in [0.2, 0.25) is 0 Å². The minimum absolute atomic E-state index is 0.314. The first-order valence-corrected chi connectivity index (χ1v) is 8.72. The number of nitrogens with one attached hydrogen (secondary N) is 2. The zero-order valence-corrected chi connectivity index (χ0v) is 15.2. The predicted molar refractivity (Wildman–Crippen MR) is 106 cm³/mol. The summed E-state index contributed by atoms with van der Waals surface area (Å²) in [5.74, 6) is 0.139. The lowest BCUT2D eigenvalue weighted by molar-refractivity contribution is -0.114. The Balaban J connectivity index is 1.47. The van der Waals surface area contributed by atoms with Crippen molar-refractivity contribution in [2.45, 2.75) is 20.4 Å². The highest BCUT2D eigenvalue weighted by atomic mass is 16.2. The molecule has 0 fully saturated rings. The van der Waals surface area contributed by atoms with Crippen molar-refractivity contribution >= 4 is 29.0 Å². The van der Waals surface area contributed by atoms with Crippen molar-refractivity contribution in [3.8, 4) is 0 Å². The van der Waals surface area contributed by atoms with Gasteiger partial charge in [-0.05, 0) is 55.3 Å². The molecule has 0 saturated heterocycles. The summed E-state index contributed by atoms with van der Waals surface area (Å²) in [6.07, 6.45) is 3.43. The lowest BCUT2D eigenvalue weighted by Gasteiger charge is -2.09. The van der Waals surface area contributed by atoms with Crippen LogP contribution in [0.5, 0.6) is 0 Å². The number of nitrogens with zero attached hydrogens (tertiary/aromatic N) is 3. The molecule has 4 rings (SSSR count). The zero-order chi connectivity index (χ0) is 18.8. The van der Waals surface area contributed by atoms with Crippen molar-refractivity contribution in [3.05, 3.63) is 76.7 Å². The number of benzene rings is 1. The molecule has 0 aliphatic carbocycles. The van der Waals surface area contributed by atoms with Crippen LogP contribution in [-0.4, -0.2) is 21.8 Å². The molecule has 0 atom stereocenters. The minimum atomic E-state index is -0.314. The molecule has 2 aromatic heterocycles. The summed E-state index contributed by atoms with van der Waals surface area (Å²) >= 11 is 0. The lowest BCUT2D eigenvalue weighted by atomic mass is 10.1. The van der Waals surface area contributed by atoms with Crippen LogP contribution in [0.4, 0.5) is 0 Å². The van der Waals surface area contributed by atoms with Crippen molar-refractivity contribution < 1.29 is 4.79 Å². The summed E-state index contributed by atoms with van der Waals surface area (Å²) in [5.41, 5.74) is 6.27. The van der Waals surface area contributed by atoms with E-state index in [9.17, 15) is 4.79 Å². The normalized spacial score (nSPS) is 15.1. The average Bonchev–Trinajstić information content (AvgIpc) is 3.00. The van der Waals surface area contributed by atoms with Crippen LogP contribution in [-0.2, 0) is 11.3 Å². The maximum absolute atomic E-state index is 12.2. The Kier molecular flexibility index (Phi) is 4.38. The monoisotopic (exact) mass is 357 g/mol. The van der Waals surface area contributed by atoms with Crippen molar-refractivity contribution in [1.82, 2.24) is 20.6 Å². The third-order valence-corrected chi connectivity index (χ3v) is 4.41. The standard InChI is InChI=1S/C21H19N5O/c1-13-5-6-15(14(2)10-13)12-23-21-25-19(20(27)26-21)11-16-7-8-17-18(24-16)4-3-9-22-17/h3-11H,12H2,1-2H3,(H2,23,25,26,27)/b19-11-. The number of carbonyl (C=O) groups is 1. The van der Waals surface area contributed by atoms with Crippen molar-refractivity contribution in [3.63, 3.8) is 0 Å². The molecule has 3 heterocycles. The summed E-state index contributed by atoms with van der Waals surface area (Å²) in [5, 5.41) is 6.21. The highest BCUT2D eigenvalue weighted by Gasteiger charge is 2.20. The van der Waals surface area contributed by atoms with E-state index >= 15 is 0 Å². The first-order valence-electron chi connectivity index (χ1n) is 8.72. The van der Waals surface area contributed by atoms with Gasteiger partial charge in [0.2, 0.25) is 5.96 Å². The van der Waals surface area contributed by atoms with E-state index in [4.69, 9.17) is 0 Å². The Morgan fingerprint density at radius 3 is 2.85 bits per heavy atom. The molecule has 0 spiro atoms. The van der Waals surface area contributed by atoms with Crippen LogP contribution >= 0.6 is 0 Å². The molecule has 1 aliphatic rings. The van der Waals surface area contributed by atoms with Gasteiger partial charge in [-0.15, -0.1) is 0 Å². The van der Waals surface area contributed by atoms with E-state index in [-0.39, 0.29) is 5.91 Å². The summed E-state index contributed by atoms with van der Waals surface area (Å²) in [6.45, 7) is 4.74. The van der Waals surface area contributed by atoms with Crippen LogP contribution in [0.3, 0.4) is 0 Å². The predicted octanol–water partition coefficient (Wildman–Crippen LogP) is 2.86. The molecule has 0 radical (unpaired) electrons. The van der Waals surface area contributed by atoms with Crippen LogP contribution in [0.25, 0.3) is 17.1 Å². The largest absolute Gasteiger partial charge is 0.352 e. The number of amides is 1. The van der Waals surface area contributed by atoms with Crippen LogP contribution in [0.15, 0.2) is 59.4 Å². The summed E-state index contributed by atoms with van der Waals surface area (Å²) in [4.78, 5) is 25.0. The smallest absolute Gasteiger partial charge is 0.296 e. The fourth-order valence-electron chi connectivity index (χ4n) is 2.98. The van der Waals surface area contributed by atoms with Crippen molar-refractivity contribution in [2.24, 2.45) is 4.99 Å². The summed E-state index contributed by atoms with van der Waals surface area (Å²) < 4.78 is 0. The molecule has 3 aromatic rings. The number of guanidine groups is 1. The van der Waals surface area contributed by atoms with Gasteiger partial charge in [-0.2, -0.15) is 4.99 Å². The third-order valence-electron chi connectivity index (χ3n) is 4.41. The van der Waals surface area contributed by atoms with Gasteiger partial charge in [0.05, 0.1) is 16.7 Å². The first-order chi connectivity index (χ1) is 13.1. The first kappa shape index (κ1) is 16.9. The zero-order valence-electron chi connectivity index (χ0n) is 15.2. The number of hydrogen-bond donors (Lipinski definition) is 2. The Bertz CT molecular complexity index is 1100. The molecule has 6 heteroatoms. The van der Waals surface area contributed by atoms with E-state index < -0.39 is 0 Å². The molecule has 2 N–H and O–H groups in total. The summed E-state index contributed by atoms with van der Waals surface area (Å²) in [6, 6.07) is 13.7. The van der Waals surface area contributed by atoms with Gasteiger partial charge in [0, 0.05) is 12.7 Å². The van der Waals surface area contributed by atoms with Crippen LogP contribution in [0, 0.1) is 13.8 Å². The highest BCUT2D eigenvalue weighted by Crippen LogP contribution is 2.14. The van der Waals surface area contributed by atoms with Crippen LogP contribution < -0.4 is 10.6 Å². The number of pyridine rings is 2. The Labute approximate surface area is 157 Å². The van der Waals surface area contributed by atoms with E-state index in [2.05, 4.69) is 57.6 Å². The molecular formula is C21H19N5O. The van der Waals surface area contributed by atoms with E-state index in [0.717, 1.165) is 11.0 Å². The molecule has 0 unspecified atom stereocenters. The second-order valence-electron chi connectivity index (χ2n) is 6.51. The SMILES string of the molecule is Cc1ccc(CNC2=NC(=O)/C(=C/c3ccc4ncccc4n3)N2)c(C)c1. The van der Waals surface area contributed by atoms with Gasteiger partial charge in [-0.3, -0.25) is 9.78 Å². The Morgan fingerprint density at radius 1 is 1.11 bits per heavy atom. The Hall–Kier alpha value is -3.54. The molecule has 0 saturated carbocycles. The molecule has 0 bridgehead atoms. The molecule has 1 aliphatic heterocycles. The second-order valence-corrected chi connectivity index (χ2v) is 6.51. The number of aliphatic imine (C=N–C) groups is 1. The van der Waals surface area contributed by atoms with Gasteiger partial charge in [0.1, 0.15) is 5.70 Å². The fraction of sp³-hybridized carbons (Fsp3) is 0.143. The number of rotatable bonds is 3.